The maximum Gasteiger partial charge on any atom is 0.119 e. The van der Waals surface area contributed by atoms with Gasteiger partial charge in [0.1, 0.15) is 5.75 Å². The Labute approximate surface area is 124 Å². The summed E-state index contributed by atoms with van der Waals surface area (Å²) in [5.41, 5.74) is 3.41. The highest BCUT2D eigenvalue weighted by Crippen LogP contribution is 2.28. The molecule has 20 heavy (non-hydrogen) atoms. The molecule has 2 nitrogen and oxygen atoms in total. The van der Waals surface area contributed by atoms with E-state index < -0.39 is 6.10 Å². The minimum atomic E-state index is -0.490. The van der Waals surface area contributed by atoms with Crippen LogP contribution in [-0.2, 0) is 0 Å². The second kappa shape index (κ2) is 6.82. The highest BCUT2D eigenvalue weighted by Gasteiger charge is 2.10. The normalized spacial score (nSPS) is 12.2. The fourth-order valence-electron chi connectivity index (χ4n) is 2.08. The van der Waals surface area contributed by atoms with Gasteiger partial charge in [-0.15, -0.1) is 11.8 Å². The zero-order valence-corrected chi connectivity index (χ0v) is 12.9. The standard InChI is InChI=1S/C17H20O2S/c1-12-7-8-17(13(2)9-12)20-11-16(18)14-5-4-6-15(10-14)19-3/h4-10,16,18H,11H2,1-3H3. The number of aliphatic hydroxyl groups excluding tert-OH is 1. The van der Waals surface area contributed by atoms with E-state index in [9.17, 15) is 5.11 Å². The third-order valence-corrected chi connectivity index (χ3v) is 4.46. The van der Waals surface area contributed by atoms with Gasteiger partial charge in [-0.3, -0.25) is 0 Å². The molecule has 1 unspecified atom stereocenters. The number of aryl methyl sites for hydroxylation is 2. The maximum atomic E-state index is 10.3. The van der Waals surface area contributed by atoms with Crippen molar-refractivity contribution in [1.29, 1.82) is 0 Å². The minimum Gasteiger partial charge on any atom is -0.497 e. The lowest BCUT2D eigenvalue weighted by Crippen LogP contribution is -2.01. The zero-order chi connectivity index (χ0) is 14.5. The number of rotatable bonds is 5. The Hall–Kier alpha value is -1.45. The van der Waals surface area contributed by atoms with E-state index in [1.807, 2.05) is 24.3 Å². The zero-order valence-electron chi connectivity index (χ0n) is 12.1. The number of aliphatic hydroxyl groups is 1. The highest BCUT2D eigenvalue weighted by molar-refractivity contribution is 7.99. The molecule has 1 N–H and O–H groups in total. The third-order valence-electron chi connectivity index (χ3n) is 3.21. The first kappa shape index (κ1) is 14.9. The first-order valence-electron chi connectivity index (χ1n) is 6.62. The molecular formula is C17H20O2S. The van der Waals surface area contributed by atoms with Gasteiger partial charge in [-0.1, -0.05) is 29.8 Å². The van der Waals surface area contributed by atoms with E-state index in [2.05, 4.69) is 32.0 Å². The van der Waals surface area contributed by atoms with Crippen LogP contribution in [0.15, 0.2) is 47.4 Å². The summed E-state index contributed by atoms with van der Waals surface area (Å²) in [7, 11) is 1.63. The summed E-state index contributed by atoms with van der Waals surface area (Å²) >= 11 is 1.68. The van der Waals surface area contributed by atoms with Crippen LogP contribution in [0.25, 0.3) is 0 Å². The number of ether oxygens (including phenoxy) is 1. The van der Waals surface area contributed by atoms with E-state index in [-0.39, 0.29) is 0 Å². The van der Waals surface area contributed by atoms with E-state index in [4.69, 9.17) is 4.74 Å². The summed E-state index contributed by atoms with van der Waals surface area (Å²) in [5, 5.41) is 10.3. The summed E-state index contributed by atoms with van der Waals surface area (Å²) in [6.45, 7) is 4.19. The van der Waals surface area contributed by atoms with Crippen LogP contribution in [0, 0.1) is 13.8 Å². The number of thioether (sulfide) groups is 1. The van der Waals surface area contributed by atoms with Crippen LogP contribution in [0.4, 0.5) is 0 Å². The van der Waals surface area contributed by atoms with Crippen molar-refractivity contribution in [3.63, 3.8) is 0 Å². The second-order valence-corrected chi connectivity index (χ2v) is 5.93. The van der Waals surface area contributed by atoms with Gasteiger partial charge in [0, 0.05) is 10.6 Å². The van der Waals surface area contributed by atoms with Crippen molar-refractivity contribution in [2.24, 2.45) is 0 Å². The number of hydrogen-bond acceptors (Lipinski definition) is 3. The molecule has 0 bridgehead atoms. The molecule has 0 fully saturated rings. The topological polar surface area (TPSA) is 29.5 Å². The van der Waals surface area contributed by atoms with Gasteiger partial charge in [-0.05, 0) is 43.2 Å². The molecule has 0 aliphatic heterocycles. The minimum absolute atomic E-state index is 0.490. The monoisotopic (exact) mass is 288 g/mol. The fourth-order valence-corrected chi connectivity index (χ4v) is 3.06. The number of methoxy groups -OCH3 is 1. The Balaban J connectivity index is 2.02. The van der Waals surface area contributed by atoms with Gasteiger partial charge < -0.3 is 9.84 Å². The Morgan fingerprint density at radius 1 is 1.15 bits per heavy atom. The third kappa shape index (κ3) is 3.78. The van der Waals surface area contributed by atoms with E-state index in [1.54, 1.807) is 18.9 Å². The van der Waals surface area contributed by atoms with E-state index in [0.29, 0.717) is 5.75 Å². The largest absolute Gasteiger partial charge is 0.497 e. The lowest BCUT2D eigenvalue weighted by atomic mass is 10.1. The smallest absolute Gasteiger partial charge is 0.119 e. The Morgan fingerprint density at radius 3 is 2.65 bits per heavy atom. The van der Waals surface area contributed by atoms with Crippen LogP contribution in [0.5, 0.6) is 5.75 Å². The van der Waals surface area contributed by atoms with Gasteiger partial charge in [0.05, 0.1) is 13.2 Å². The van der Waals surface area contributed by atoms with Gasteiger partial charge in [-0.25, -0.2) is 0 Å². The van der Waals surface area contributed by atoms with Gasteiger partial charge in [0.25, 0.3) is 0 Å². The predicted molar refractivity (Wildman–Crippen MR) is 84.6 cm³/mol. The van der Waals surface area contributed by atoms with E-state index >= 15 is 0 Å². The molecule has 0 heterocycles. The molecule has 2 rings (SSSR count). The van der Waals surface area contributed by atoms with Crippen LogP contribution >= 0.6 is 11.8 Å². The first-order chi connectivity index (χ1) is 9.60. The van der Waals surface area contributed by atoms with Gasteiger partial charge in [0.2, 0.25) is 0 Å². The SMILES string of the molecule is COc1cccc(C(O)CSc2ccc(C)cc2C)c1. The molecule has 0 aliphatic rings. The molecule has 2 aromatic carbocycles. The molecule has 106 valence electrons. The summed E-state index contributed by atoms with van der Waals surface area (Å²) in [6, 6.07) is 14.0. The summed E-state index contributed by atoms with van der Waals surface area (Å²) < 4.78 is 5.18. The molecule has 0 aromatic heterocycles. The average Bonchev–Trinajstić information content (AvgIpc) is 2.46. The summed E-state index contributed by atoms with van der Waals surface area (Å²) in [4.78, 5) is 1.22. The fraction of sp³-hybridized carbons (Fsp3) is 0.294. The Morgan fingerprint density at radius 2 is 1.95 bits per heavy atom. The average molecular weight is 288 g/mol. The van der Waals surface area contributed by atoms with Crippen molar-refractivity contribution >= 4 is 11.8 Å². The van der Waals surface area contributed by atoms with Crippen molar-refractivity contribution in [3.8, 4) is 5.75 Å². The molecule has 3 heteroatoms. The highest BCUT2D eigenvalue weighted by atomic mass is 32.2. The molecule has 0 aliphatic carbocycles. The van der Waals surface area contributed by atoms with Gasteiger partial charge in [0.15, 0.2) is 0 Å². The van der Waals surface area contributed by atoms with Crippen LogP contribution in [0.1, 0.15) is 22.8 Å². The van der Waals surface area contributed by atoms with E-state index in [0.717, 1.165) is 11.3 Å². The van der Waals surface area contributed by atoms with Crippen LogP contribution < -0.4 is 4.74 Å². The first-order valence-corrected chi connectivity index (χ1v) is 7.61. The van der Waals surface area contributed by atoms with Crippen molar-refractivity contribution < 1.29 is 9.84 Å². The number of hydrogen-bond donors (Lipinski definition) is 1. The van der Waals surface area contributed by atoms with Crippen molar-refractivity contribution in [2.45, 2.75) is 24.8 Å². The molecular weight excluding hydrogens is 268 g/mol. The van der Waals surface area contributed by atoms with E-state index in [1.165, 1.54) is 16.0 Å². The Bertz CT molecular complexity index is 581. The maximum absolute atomic E-state index is 10.3. The van der Waals surface area contributed by atoms with Crippen molar-refractivity contribution in [2.75, 3.05) is 12.9 Å². The number of benzene rings is 2. The van der Waals surface area contributed by atoms with Crippen molar-refractivity contribution in [1.82, 2.24) is 0 Å². The molecule has 1 atom stereocenters. The Kier molecular flexibility index (Phi) is 5.10. The quantitative estimate of drug-likeness (QED) is 0.839. The lowest BCUT2D eigenvalue weighted by molar-refractivity contribution is 0.203. The predicted octanol–water partition coefficient (Wildman–Crippen LogP) is 4.14. The van der Waals surface area contributed by atoms with Crippen LogP contribution in [0.2, 0.25) is 0 Å². The molecule has 2 aromatic rings. The lowest BCUT2D eigenvalue weighted by Gasteiger charge is -2.13. The van der Waals surface area contributed by atoms with Crippen LogP contribution in [-0.4, -0.2) is 18.0 Å². The molecule has 0 saturated carbocycles. The van der Waals surface area contributed by atoms with Gasteiger partial charge in [-0.2, -0.15) is 0 Å². The molecule has 0 radical (unpaired) electrons. The molecule has 0 amide bonds. The second-order valence-electron chi connectivity index (χ2n) is 4.87. The summed E-state index contributed by atoms with van der Waals surface area (Å²) in [6.07, 6.45) is -0.490. The van der Waals surface area contributed by atoms with Crippen LogP contribution in [0.3, 0.4) is 0 Å². The summed E-state index contributed by atoms with van der Waals surface area (Å²) in [5.74, 6) is 1.41. The van der Waals surface area contributed by atoms with Crippen molar-refractivity contribution in [3.05, 3.63) is 59.2 Å². The molecule has 0 saturated heterocycles. The van der Waals surface area contributed by atoms with Gasteiger partial charge >= 0.3 is 0 Å². The molecule has 0 spiro atoms.